The first kappa shape index (κ1) is 14.9. The van der Waals surface area contributed by atoms with Crippen LogP contribution in [0, 0.1) is 11.3 Å². The van der Waals surface area contributed by atoms with Gasteiger partial charge in [-0.2, -0.15) is 5.26 Å². The van der Waals surface area contributed by atoms with Crippen LogP contribution in [-0.2, 0) is 6.54 Å². The van der Waals surface area contributed by atoms with Crippen LogP contribution in [0.3, 0.4) is 0 Å². The van der Waals surface area contributed by atoms with Gasteiger partial charge in [0.05, 0.1) is 24.8 Å². The molecule has 0 saturated carbocycles. The Morgan fingerprint density at radius 1 is 1.24 bits per heavy atom. The number of pyridine rings is 1. The summed E-state index contributed by atoms with van der Waals surface area (Å²) in [4.78, 5) is 12.3. The smallest absolute Gasteiger partial charge is 0.293 e. The highest BCUT2D eigenvalue weighted by molar-refractivity contribution is 5.37. The topological polar surface area (TPSA) is 55.0 Å². The van der Waals surface area contributed by atoms with Crippen molar-refractivity contribution < 1.29 is 4.74 Å². The normalized spacial score (nSPS) is 10.1. The molecule has 1 heterocycles. The Hall–Kier alpha value is -2.54. The van der Waals surface area contributed by atoms with E-state index in [1.165, 1.54) is 0 Å². The second-order valence-electron chi connectivity index (χ2n) is 4.78. The van der Waals surface area contributed by atoms with Gasteiger partial charge in [-0.1, -0.05) is 31.5 Å². The van der Waals surface area contributed by atoms with Crippen molar-refractivity contribution in [3.8, 4) is 11.8 Å². The average molecular weight is 282 g/mol. The molecule has 0 spiro atoms. The van der Waals surface area contributed by atoms with Crippen molar-refractivity contribution in [1.82, 2.24) is 4.57 Å². The summed E-state index contributed by atoms with van der Waals surface area (Å²) >= 11 is 0. The van der Waals surface area contributed by atoms with E-state index in [4.69, 9.17) is 10.00 Å². The zero-order chi connectivity index (χ0) is 15.1. The number of nitriles is 1. The number of hydrogen-bond acceptors (Lipinski definition) is 3. The van der Waals surface area contributed by atoms with Crippen LogP contribution in [0.1, 0.15) is 30.9 Å². The Labute approximate surface area is 124 Å². The van der Waals surface area contributed by atoms with Crippen molar-refractivity contribution >= 4 is 0 Å². The largest absolute Gasteiger partial charge is 0.488 e. The number of hydrogen-bond donors (Lipinski definition) is 0. The molecule has 108 valence electrons. The first-order valence-electron chi connectivity index (χ1n) is 7.06. The van der Waals surface area contributed by atoms with E-state index in [1.54, 1.807) is 29.0 Å². The molecule has 0 aliphatic rings. The predicted molar refractivity (Wildman–Crippen MR) is 81.4 cm³/mol. The molecular formula is C17H18N2O2. The molecule has 0 fully saturated rings. The average Bonchev–Trinajstić information content (AvgIpc) is 2.51. The van der Waals surface area contributed by atoms with E-state index in [0.29, 0.717) is 24.5 Å². The van der Waals surface area contributed by atoms with Crippen LogP contribution in [0.25, 0.3) is 0 Å². The molecule has 0 atom stereocenters. The van der Waals surface area contributed by atoms with Gasteiger partial charge in [-0.05, 0) is 30.2 Å². The molecular weight excluding hydrogens is 264 g/mol. The molecule has 0 unspecified atom stereocenters. The molecule has 0 saturated heterocycles. The highest BCUT2D eigenvalue weighted by Crippen LogP contribution is 2.10. The molecule has 0 aliphatic heterocycles. The first-order chi connectivity index (χ1) is 10.3. The van der Waals surface area contributed by atoms with Crippen LogP contribution in [-0.4, -0.2) is 11.2 Å². The SMILES string of the molecule is CCCCOc1cccn(Cc2ccccc2C#N)c1=O. The van der Waals surface area contributed by atoms with E-state index in [2.05, 4.69) is 13.0 Å². The summed E-state index contributed by atoms with van der Waals surface area (Å²) in [6, 6.07) is 12.9. The molecule has 4 nitrogen and oxygen atoms in total. The van der Waals surface area contributed by atoms with Crippen molar-refractivity contribution in [2.75, 3.05) is 6.61 Å². The number of ether oxygens (including phenoxy) is 1. The molecule has 0 aliphatic carbocycles. The molecule has 0 radical (unpaired) electrons. The quantitative estimate of drug-likeness (QED) is 0.765. The van der Waals surface area contributed by atoms with Gasteiger partial charge in [-0.15, -0.1) is 0 Å². The maximum Gasteiger partial charge on any atom is 0.293 e. The highest BCUT2D eigenvalue weighted by atomic mass is 16.5. The summed E-state index contributed by atoms with van der Waals surface area (Å²) in [6.07, 6.45) is 3.66. The predicted octanol–water partition coefficient (Wildman–Crippen LogP) is 2.95. The van der Waals surface area contributed by atoms with E-state index in [1.807, 2.05) is 18.2 Å². The number of nitrogens with zero attached hydrogens (tertiary/aromatic N) is 2. The molecule has 0 amide bonds. The lowest BCUT2D eigenvalue weighted by atomic mass is 10.1. The van der Waals surface area contributed by atoms with Gasteiger partial charge in [0.25, 0.3) is 5.56 Å². The number of unbranched alkanes of at least 4 members (excludes halogenated alkanes) is 1. The lowest BCUT2D eigenvalue weighted by Crippen LogP contribution is -2.22. The minimum absolute atomic E-state index is 0.165. The van der Waals surface area contributed by atoms with Gasteiger partial charge in [-0.3, -0.25) is 4.79 Å². The molecule has 0 bridgehead atoms. The van der Waals surface area contributed by atoms with Crippen LogP contribution in [0.5, 0.6) is 5.75 Å². The number of aromatic nitrogens is 1. The minimum atomic E-state index is -0.165. The molecule has 4 heteroatoms. The van der Waals surface area contributed by atoms with E-state index in [0.717, 1.165) is 18.4 Å². The van der Waals surface area contributed by atoms with Crippen LogP contribution < -0.4 is 10.3 Å². The molecule has 2 rings (SSSR count). The first-order valence-corrected chi connectivity index (χ1v) is 7.06. The maximum absolute atomic E-state index is 12.3. The molecule has 2 aromatic rings. The van der Waals surface area contributed by atoms with Gasteiger partial charge in [-0.25, -0.2) is 0 Å². The van der Waals surface area contributed by atoms with Crippen molar-refractivity contribution in [2.45, 2.75) is 26.3 Å². The van der Waals surface area contributed by atoms with E-state index >= 15 is 0 Å². The fourth-order valence-electron chi connectivity index (χ4n) is 2.03. The van der Waals surface area contributed by atoms with Crippen molar-refractivity contribution in [2.24, 2.45) is 0 Å². The summed E-state index contributed by atoms with van der Waals surface area (Å²) < 4.78 is 7.08. The lowest BCUT2D eigenvalue weighted by molar-refractivity contribution is 0.303. The van der Waals surface area contributed by atoms with Gasteiger partial charge < -0.3 is 9.30 Å². The minimum Gasteiger partial charge on any atom is -0.488 e. The summed E-state index contributed by atoms with van der Waals surface area (Å²) in [5.41, 5.74) is 1.25. The third kappa shape index (κ3) is 3.73. The third-order valence-corrected chi connectivity index (χ3v) is 3.22. The van der Waals surface area contributed by atoms with Crippen LogP contribution in [0.15, 0.2) is 47.4 Å². The molecule has 1 aromatic carbocycles. The van der Waals surface area contributed by atoms with Gasteiger partial charge >= 0.3 is 0 Å². The van der Waals surface area contributed by atoms with E-state index < -0.39 is 0 Å². The van der Waals surface area contributed by atoms with Gasteiger partial charge in [0, 0.05) is 6.20 Å². The highest BCUT2D eigenvalue weighted by Gasteiger charge is 2.07. The lowest BCUT2D eigenvalue weighted by Gasteiger charge is -2.10. The zero-order valence-corrected chi connectivity index (χ0v) is 12.1. The summed E-state index contributed by atoms with van der Waals surface area (Å²) in [6.45, 7) is 2.99. The van der Waals surface area contributed by atoms with E-state index in [-0.39, 0.29) is 5.56 Å². The zero-order valence-electron chi connectivity index (χ0n) is 12.1. The summed E-state index contributed by atoms with van der Waals surface area (Å²) in [5, 5.41) is 9.10. The Morgan fingerprint density at radius 3 is 2.81 bits per heavy atom. The summed E-state index contributed by atoms with van der Waals surface area (Å²) in [5.74, 6) is 0.361. The van der Waals surface area contributed by atoms with Gasteiger partial charge in [0.15, 0.2) is 5.75 Å². The Kier molecular flexibility index (Phi) is 5.16. The second kappa shape index (κ2) is 7.30. The van der Waals surface area contributed by atoms with Crippen molar-refractivity contribution in [3.05, 3.63) is 64.1 Å². The number of rotatable bonds is 6. The Balaban J connectivity index is 2.23. The third-order valence-electron chi connectivity index (χ3n) is 3.22. The Bertz CT molecular complexity index is 698. The second-order valence-corrected chi connectivity index (χ2v) is 4.78. The van der Waals surface area contributed by atoms with E-state index in [9.17, 15) is 4.79 Å². The van der Waals surface area contributed by atoms with Gasteiger partial charge in [0.1, 0.15) is 0 Å². The molecule has 1 aromatic heterocycles. The monoisotopic (exact) mass is 282 g/mol. The van der Waals surface area contributed by atoms with Crippen LogP contribution in [0.4, 0.5) is 0 Å². The molecule has 0 N–H and O–H groups in total. The van der Waals surface area contributed by atoms with Crippen molar-refractivity contribution in [3.63, 3.8) is 0 Å². The standard InChI is InChI=1S/C17H18N2O2/c1-2-3-11-21-16-9-6-10-19(17(16)20)13-15-8-5-4-7-14(15)12-18/h4-10H,2-3,11,13H2,1H3. The fourth-order valence-corrected chi connectivity index (χ4v) is 2.03. The van der Waals surface area contributed by atoms with Gasteiger partial charge in [0.2, 0.25) is 0 Å². The Morgan fingerprint density at radius 2 is 2.05 bits per heavy atom. The van der Waals surface area contributed by atoms with Crippen LogP contribution in [0.2, 0.25) is 0 Å². The molecule has 21 heavy (non-hydrogen) atoms. The summed E-state index contributed by atoms with van der Waals surface area (Å²) in [7, 11) is 0. The van der Waals surface area contributed by atoms with Crippen LogP contribution >= 0.6 is 0 Å². The maximum atomic E-state index is 12.3. The van der Waals surface area contributed by atoms with Crippen molar-refractivity contribution in [1.29, 1.82) is 5.26 Å². The number of benzene rings is 1. The fraction of sp³-hybridized carbons (Fsp3) is 0.294.